The molecule has 0 spiro atoms. The molecule has 1 atom stereocenters. The first kappa shape index (κ1) is 13.4. The fourth-order valence-corrected chi connectivity index (χ4v) is 2.98. The number of piperidine rings is 1. The van der Waals surface area contributed by atoms with Gasteiger partial charge in [-0.3, -0.25) is 0 Å². The molecule has 1 aliphatic carbocycles. The zero-order chi connectivity index (χ0) is 14.0. The zero-order valence-electron chi connectivity index (χ0n) is 11.8. The van der Waals surface area contributed by atoms with Crippen LogP contribution >= 0.6 is 0 Å². The molecule has 2 aliphatic rings. The lowest BCUT2D eigenvalue weighted by atomic mass is 9.89. The topological polar surface area (TPSA) is 55.6 Å². The summed E-state index contributed by atoms with van der Waals surface area (Å²) in [5.74, 6) is 0.445. The minimum absolute atomic E-state index is 0.00161. The van der Waals surface area contributed by atoms with Gasteiger partial charge in [0.05, 0.1) is 0 Å². The largest absolute Gasteiger partial charge is 0.445 e. The average Bonchev–Trinajstić information content (AvgIpc) is 3.25. The van der Waals surface area contributed by atoms with Crippen molar-refractivity contribution in [1.82, 2.24) is 4.90 Å². The second-order valence-corrected chi connectivity index (χ2v) is 6.06. The van der Waals surface area contributed by atoms with Crippen LogP contribution in [0.3, 0.4) is 0 Å². The lowest BCUT2D eigenvalue weighted by Crippen LogP contribution is -2.47. The molecule has 2 fully saturated rings. The van der Waals surface area contributed by atoms with Crippen molar-refractivity contribution in [3.05, 3.63) is 35.9 Å². The summed E-state index contributed by atoms with van der Waals surface area (Å²) >= 11 is 0. The normalized spacial score (nSPS) is 24.2. The molecule has 2 N–H and O–H groups in total. The van der Waals surface area contributed by atoms with Gasteiger partial charge in [0.2, 0.25) is 0 Å². The Kier molecular flexibility index (Phi) is 3.66. The van der Waals surface area contributed by atoms with E-state index in [4.69, 9.17) is 10.5 Å². The average molecular weight is 274 g/mol. The van der Waals surface area contributed by atoms with Gasteiger partial charge in [0.1, 0.15) is 6.61 Å². The SMILES string of the molecule is NC1(C2CCCN(C(=O)OCc3ccccc3)C2)CC1. The molecular formula is C16H22N2O2. The summed E-state index contributed by atoms with van der Waals surface area (Å²) in [6.07, 6.45) is 4.17. The van der Waals surface area contributed by atoms with Crippen LogP contribution < -0.4 is 5.73 Å². The van der Waals surface area contributed by atoms with Crippen LogP contribution in [0.15, 0.2) is 30.3 Å². The van der Waals surface area contributed by atoms with Gasteiger partial charge in [0, 0.05) is 18.6 Å². The third-order valence-corrected chi connectivity index (χ3v) is 4.53. The molecule has 3 rings (SSSR count). The van der Waals surface area contributed by atoms with E-state index in [9.17, 15) is 4.79 Å². The van der Waals surface area contributed by atoms with Crippen LogP contribution in [0, 0.1) is 5.92 Å². The van der Waals surface area contributed by atoms with Crippen LogP contribution in [0.1, 0.15) is 31.2 Å². The maximum absolute atomic E-state index is 12.1. The smallest absolute Gasteiger partial charge is 0.410 e. The van der Waals surface area contributed by atoms with E-state index in [0.29, 0.717) is 12.5 Å². The molecule has 108 valence electrons. The van der Waals surface area contributed by atoms with Gasteiger partial charge in [-0.15, -0.1) is 0 Å². The minimum Gasteiger partial charge on any atom is -0.445 e. The molecule has 1 saturated carbocycles. The number of amides is 1. The number of nitrogens with two attached hydrogens (primary N) is 1. The minimum atomic E-state index is -0.206. The fraction of sp³-hybridized carbons (Fsp3) is 0.562. The Hall–Kier alpha value is -1.55. The summed E-state index contributed by atoms with van der Waals surface area (Å²) in [6.45, 7) is 1.89. The van der Waals surface area contributed by atoms with Crippen molar-refractivity contribution in [1.29, 1.82) is 0 Å². The maximum atomic E-state index is 12.1. The summed E-state index contributed by atoms with van der Waals surface area (Å²) in [7, 11) is 0. The highest BCUT2D eigenvalue weighted by molar-refractivity contribution is 5.67. The first-order valence-electron chi connectivity index (χ1n) is 7.42. The molecule has 20 heavy (non-hydrogen) atoms. The molecule has 1 aromatic carbocycles. The Morgan fingerprint density at radius 2 is 2.10 bits per heavy atom. The molecule has 1 heterocycles. The third kappa shape index (κ3) is 2.96. The first-order valence-corrected chi connectivity index (χ1v) is 7.42. The number of likely N-dealkylation sites (tertiary alicyclic amines) is 1. The van der Waals surface area contributed by atoms with Crippen LogP contribution in [0.4, 0.5) is 4.79 Å². The third-order valence-electron chi connectivity index (χ3n) is 4.53. The van der Waals surface area contributed by atoms with Gasteiger partial charge >= 0.3 is 6.09 Å². The molecule has 0 bridgehead atoms. The lowest BCUT2D eigenvalue weighted by molar-refractivity contribution is 0.0743. The molecule has 1 aliphatic heterocycles. The Balaban J connectivity index is 1.52. The van der Waals surface area contributed by atoms with Crippen molar-refractivity contribution in [3.8, 4) is 0 Å². The van der Waals surface area contributed by atoms with E-state index in [-0.39, 0.29) is 11.6 Å². The number of rotatable bonds is 3. The summed E-state index contributed by atoms with van der Waals surface area (Å²) in [5, 5.41) is 0. The summed E-state index contributed by atoms with van der Waals surface area (Å²) in [6, 6.07) is 9.78. The highest BCUT2D eigenvalue weighted by Gasteiger charge is 2.47. The standard InChI is InChI=1S/C16H22N2O2/c17-16(8-9-16)14-7-4-10-18(11-14)15(19)20-12-13-5-2-1-3-6-13/h1-3,5-6,14H,4,7-12,17H2. The van der Waals surface area contributed by atoms with E-state index in [0.717, 1.165) is 44.3 Å². The van der Waals surface area contributed by atoms with Crippen molar-refractivity contribution in [3.63, 3.8) is 0 Å². The second-order valence-electron chi connectivity index (χ2n) is 6.06. The van der Waals surface area contributed by atoms with E-state index in [1.54, 1.807) is 0 Å². The van der Waals surface area contributed by atoms with Crippen molar-refractivity contribution in [2.45, 2.75) is 37.8 Å². The predicted octanol–water partition coefficient (Wildman–Crippen LogP) is 2.53. The van der Waals surface area contributed by atoms with Gasteiger partial charge in [-0.05, 0) is 37.2 Å². The number of nitrogens with zero attached hydrogens (tertiary/aromatic N) is 1. The van der Waals surface area contributed by atoms with Crippen LogP contribution in [0.25, 0.3) is 0 Å². The molecule has 1 saturated heterocycles. The molecule has 0 aromatic heterocycles. The summed E-state index contributed by atoms with van der Waals surface area (Å²) in [5.41, 5.74) is 7.29. The number of benzene rings is 1. The summed E-state index contributed by atoms with van der Waals surface area (Å²) < 4.78 is 5.40. The number of hydrogen-bond donors (Lipinski definition) is 1. The van der Waals surface area contributed by atoms with E-state index in [1.165, 1.54) is 0 Å². The Morgan fingerprint density at radius 3 is 2.80 bits per heavy atom. The van der Waals surface area contributed by atoms with Crippen LogP contribution in [0.5, 0.6) is 0 Å². The van der Waals surface area contributed by atoms with Crippen molar-refractivity contribution >= 4 is 6.09 Å². The van der Waals surface area contributed by atoms with E-state index in [2.05, 4.69) is 0 Å². The van der Waals surface area contributed by atoms with Crippen molar-refractivity contribution < 1.29 is 9.53 Å². The monoisotopic (exact) mass is 274 g/mol. The van der Waals surface area contributed by atoms with Gasteiger partial charge < -0.3 is 15.4 Å². The van der Waals surface area contributed by atoms with Crippen LogP contribution in [-0.2, 0) is 11.3 Å². The second kappa shape index (κ2) is 5.44. The molecule has 4 heteroatoms. The van der Waals surface area contributed by atoms with Crippen molar-refractivity contribution in [2.75, 3.05) is 13.1 Å². The van der Waals surface area contributed by atoms with E-state index < -0.39 is 0 Å². The number of ether oxygens (including phenoxy) is 1. The lowest BCUT2D eigenvalue weighted by Gasteiger charge is -2.35. The number of hydrogen-bond acceptors (Lipinski definition) is 3. The zero-order valence-corrected chi connectivity index (χ0v) is 11.8. The summed E-state index contributed by atoms with van der Waals surface area (Å²) in [4.78, 5) is 14.0. The highest BCUT2D eigenvalue weighted by atomic mass is 16.6. The van der Waals surface area contributed by atoms with Gasteiger partial charge in [-0.1, -0.05) is 30.3 Å². The van der Waals surface area contributed by atoms with Crippen LogP contribution in [0.2, 0.25) is 0 Å². The van der Waals surface area contributed by atoms with Gasteiger partial charge in [-0.25, -0.2) is 4.79 Å². The molecular weight excluding hydrogens is 252 g/mol. The molecule has 4 nitrogen and oxygen atoms in total. The van der Waals surface area contributed by atoms with Crippen molar-refractivity contribution in [2.24, 2.45) is 11.7 Å². The molecule has 0 radical (unpaired) electrons. The Labute approximate surface area is 119 Å². The Morgan fingerprint density at radius 1 is 1.35 bits per heavy atom. The number of carbonyl (C=O) groups excluding carboxylic acids is 1. The molecule has 1 unspecified atom stereocenters. The quantitative estimate of drug-likeness (QED) is 0.921. The maximum Gasteiger partial charge on any atom is 0.410 e. The van der Waals surface area contributed by atoms with Gasteiger partial charge in [-0.2, -0.15) is 0 Å². The van der Waals surface area contributed by atoms with Gasteiger partial charge in [0.15, 0.2) is 0 Å². The molecule has 1 aromatic rings. The van der Waals surface area contributed by atoms with Crippen LogP contribution in [-0.4, -0.2) is 29.6 Å². The first-order chi connectivity index (χ1) is 9.67. The Bertz CT molecular complexity index is 471. The van der Waals surface area contributed by atoms with E-state index >= 15 is 0 Å². The highest BCUT2D eigenvalue weighted by Crippen LogP contribution is 2.43. The van der Waals surface area contributed by atoms with E-state index in [1.807, 2.05) is 35.2 Å². The number of carbonyl (C=O) groups is 1. The molecule has 1 amide bonds. The fourth-order valence-electron chi connectivity index (χ4n) is 2.98. The van der Waals surface area contributed by atoms with Gasteiger partial charge in [0.25, 0.3) is 0 Å². The predicted molar refractivity (Wildman–Crippen MR) is 77.1 cm³/mol.